The highest BCUT2D eigenvalue weighted by Crippen LogP contribution is 2.34. The molecule has 0 radical (unpaired) electrons. The zero-order valence-electron chi connectivity index (χ0n) is 12.9. The Balaban J connectivity index is 3.14. The Morgan fingerprint density at radius 1 is 1.30 bits per heavy atom. The van der Waals surface area contributed by atoms with Crippen molar-refractivity contribution < 1.29 is 19.4 Å². The van der Waals surface area contributed by atoms with Gasteiger partial charge < -0.3 is 14.6 Å². The Morgan fingerprint density at radius 2 is 1.90 bits per heavy atom. The van der Waals surface area contributed by atoms with E-state index in [9.17, 15) is 9.90 Å². The quantitative estimate of drug-likeness (QED) is 0.868. The van der Waals surface area contributed by atoms with E-state index in [1.165, 1.54) is 0 Å². The molecule has 0 aromatic heterocycles. The number of carboxylic acids is 1. The van der Waals surface area contributed by atoms with Gasteiger partial charge in [-0.2, -0.15) is 0 Å². The molecule has 0 aliphatic carbocycles. The highest BCUT2D eigenvalue weighted by atomic mass is 16.5. The van der Waals surface area contributed by atoms with Gasteiger partial charge in [-0.15, -0.1) is 0 Å². The Labute approximate surface area is 120 Å². The van der Waals surface area contributed by atoms with Crippen molar-refractivity contribution in [2.24, 2.45) is 0 Å². The number of rotatable bonds is 6. The first-order chi connectivity index (χ1) is 9.25. The lowest BCUT2D eigenvalue weighted by Crippen LogP contribution is -2.48. The smallest absolute Gasteiger partial charge is 0.323 e. The lowest BCUT2D eigenvalue weighted by Gasteiger charge is -2.37. The number of likely N-dealkylation sites (N-methyl/N-ethyl adjacent to an activating group) is 1. The van der Waals surface area contributed by atoms with Crippen molar-refractivity contribution in [1.29, 1.82) is 0 Å². The van der Waals surface area contributed by atoms with Crippen LogP contribution in [0.1, 0.15) is 32.4 Å². The minimum Gasteiger partial charge on any atom is -0.497 e. The van der Waals surface area contributed by atoms with Crippen molar-refractivity contribution in [1.82, 2.24) is 4.90 Å². The third kappa shape index (κ3) is 3.04. The molecular weight excluding hydrogens is 258 g/mol. The van der Waals surface area contributed by atoms with E-state index in [0.29, 0.717) is 11.5 Å². The van der Waals surface area contributed by atoms with Crippen LogP contribution in [0.15, 0.2) is 18.2 Å². The molecule has 5 heteroatoms. The van der Waals surface area contributed by atoms with Crippen LogP contribution >= 0.6 is 0 Å². The number of aliphatic carboxylic acids is 1. The van der Waals surface area contributed by atoms with E-state index in [4.69, 9.17) is 9.47 Å². The number of ether oxygens (including phenoxy) is 2. The largest absolute Gasteiger partial charge is 0.497 e. The normalized spacial score (nSPS) is 13.2. The number of methoxy groups -OCH3 is 2. The molecule has 5 nitrogen and oxygen atoms in total. The van der Waals surface area contributed by atoms with Crippen molar-refractivity contribution in [3.8, 4) is 11.5 Å². The predicted octanol–water partition coefficient (Wildman–Crippen LogP) is 2.56. The average Bonchev–Trinajstić information content (AvgIpc) is 2.44. The van der Waals surface area contributed by atoms with E-state index in [-0.39, 0.29) is 6.04 Å². The standard InChI is InChI=1S/C15H23NO4/c1-10(16(4)15(2,3)14(17)18)12-8-7-11(19-5)9-13(12)20-6/h7-10H,1-6H3,(H,17,18). The first-order valence-electron chi connectivity index (χ1n) is 6.44. The summed E-state index contributed by atoms with van der Waals surface area (Å²) in [5.41, 5.74) is -0.0465. The molecule has 0 bridgehead atoms. The first-order valence-corrected chi connectivity index (χ1v) is 6.44. The second-order valence-corrected chi connectivity index (χ2v) is 5.26. The predicted molar refractivity (Wildman–Crippen MR) is 77.4 cm³/mol. The molecule has 1 rings (SSSR count). The van der Waals surface area contributed by atoms with E-state index < -0.39 is 11.5 Å². The zero-order valence-corrected chi connectivity index (χ0v) is 12.9. The molecule has 1 N–H and O–H groups in total. The molecule has 1 aromatic carbocycles. The van der Waals surface area contributed by atoms with Crippen molar-refractivity contribution in [3.05, 3.63) is 23.8 Å². The third-order valence-corrected chi connectivity index (χ3v) is 3.88. The highest BCUT2D eigenvalue weighted by molar-refractivity contribution is 5.77. The summed E-state index contributed by atoms with van der Waals surface area (Å²) in [6.07, 6.45) is 0. The molecule has 0 spiro atoms. The van der Waals surface area contributed by atoms with Crippen LogP contribution in [0, 0.1) is 0 Å². The highest BCUT2D eigenvalue weighted by Gasteiger charge is 2.35. The molecule has 1 aromatic rings. The second-order valence-electron chi connectivity index (χ2n) is 5.26. The molecule has 0 saturated carbocycles. The van der Waals surface area contributed by atoms with Gasteiger partial charge in [0.15, 0.2) is 0 Å². The molecule has 0 aliphatic heterocycles. The summed E-state index contributed by atoms with van der Waals surface area (Å²) in [7, 11) is 4.98. The van der Waals surface area contributed by atoms with Gasteiger partial charge in [0.2, 0.25) is 0 Å². The summed E-state index contributed by atoms with van der Waals surface area (Å²) in [6, 6.07) is 5.43. The van der Waals surface area contributed by atoms with E-state index in [0.717, 1.165) is 5.56 Å². The van der Waals surface area contributed by atoms with Crippen LogP contribution in [0.25, 0.3) is 0 Å². The SMILES string of the molecule is COc1ccc(C(C)N(C)C(C)(C)C(=O)O)c(OC)c1. The number of nitrogens with zero attached hydrogens (tertiary/aromatic N) is 1. The fourth-order valence-corrected chi connectivity index (χ4v) is 2.01. The maximum absolute atomic E-state index is 11.4. The van der Waals surface area contributed by atoms with Gasteiger partial charge in [-0.3, -0.25) is 9.69 Å². The molecule has 20 heavy (non-hydrogen) atoms. The van der Waals surface area contributed by atoms with Gasteiger partial charge >= 0.3 is 5.97 Å². The van der Waals surface area contributed by atoms with Crippen molar-refractivity contribution in [2.75, 3.05) is 21.3 Å². The minimum absolute atomic E-state index is 0.109. The lowest BCUT2D eigenvalue weighted by atomic mass is 9.97. The van der Waals surface area contributed by atoms with Gasteiger partial charge in [-0.25, -0.2) is 0 Å². The maximum atomic E-state index is 11.4. The first kappa shape index (κ1) is 16.3. The fourth-order valence-electron chi connectivity index (χ4n) is 2.01. The summed E-state index contributed by atoms with van der Waals surface area (Å²) in [5.74, 6) is 0.530. The number of benzene rings is 1. The van der Waals surface area contributed by atoms with Crippen molar-refractivity contribution >= 4 is 5.97 Å². The van der Waals surface area contributed by atoms with E-state index >= 15 is 0 Å². The molecule has 0 heterocycles. The van der Waals surface area contributed by atoms with Crippen molar-refractivity contribution in [3.63, 3.8) is 0 Å². The average molecular weight is 281 g/mol. The van der Waals surface area contributed by atoms with E-state index in [2.05, 4.69) is 0 Å². The third-order valence-electron chi connectivity index (χ3n) is 3.88. The molecular formula is C15H23NO4. The van der Waals surface area contributed by atoms with Gasteiger partial charge in [0.25, 0.3) is 0 Å². The van der Waals surface area contributed by atoms with Crippen LogP contribution in [-0.2, 0) is 4.79 Å². The van der Waals surface area contributed by atoms with Crippen LogP contribution < -0.4 is 9.47 Å². The van der Waals surface area contributed by atoms with Crippen LogP contribution in [0.5, 0.6) is 11.5 Å². The summed E-state index contributed by atoms with van der Waals surface area (Å²) < 4.78 is 10.5. The molecule has 0 saturated heterocycles. The monoisotopic (exact) mass is 281 g/mol. The second kappa shape index (κ2) is 6.13. The van der Waals surface area contributed by atoms with Crippen LogP contribution in [-0.4, -0.2) is 42.8 Å². The van der Waals surface area contributed by atoms with Crippen LogP contribution in [0.3, 0.4) is 0 Å². The summed E-state index contributed by atoms with van der Waals surface area (Å²) in [4.78, 5) is 13.2. The lowest BCUT2D eigenvalue weighted by molar-refractivity contribution is -0.149. The number of hydrogen-bond acceptors (Lipinski definition) is 4. The maximum Gasteiger partial charge on any atom is 0.323 e. The Kier molecular flexibility index (Phi) is 5.00. The molecule has 0 amide bonds. The van der Waals surface area contributed by atoms with E-state index in [1.54, 1.807) is 46.1 Å². The molecule has 112 valence electrons. The number of carbonyl (C=O) groups is 1. The molecule has 1 atom stereocenters. The van der Waals surface area contributed by atoms with Crippen molar-refractivity contribution in [2.45, 2.75) is 32.4 Å². The van der Waals surface area contributed by atoms with E-state index in [1.807, 2.05) is 19.1 Å². The Morgan fingerprint density at radius 3 is 2.35 bits per heavy atom. The Bertz CT molecular complexity index is 485. The summed E-state index contributed by atoms with van der Waals surface area (Å²) >= 11 is 0. The zero-order chi connectivity index (χ0) is 15.5. The van der Waals surface area contributed by atoms with Gasteiger partial charge in [0, 0.05) is 17.7 Å². The Hall–Kier alpha value is -1.75. The molecule has 1 unspecified atom stereocenters. The minimum atomic E-state index is -0.968. The molecule has 0 aliphatic rings. The van der Waals surface area contributed by atoms with Gasteiger partial charge in [-0.1, -0.05) is 6.07 Å². The van der Waals surface area contributed by atoms with Gasteiger partial charge in [0.05, 0.1) is 14.2 Å². The van der Waals surface area contributed by atoms with Gasteiger partial charge in [0.1, 0.15) is 17.0 Å². The number of carboxylic acid groups (broad SMARTS) is 1. The van der Waals surface area contributed by atoms with Crippen LogP contribution in [0.2, 0.25) is 0 Å². The summed E-state index contributed by atoms with van der Waals surface area (Å²) in [6.45, 7) is 5.32. The fraction of sp³-hybridized carbons (Fsp3) is 0.533. The number of hydrogen-bond donors (Lipinski definition) is 1. The topological polar surface area (TPSA) is 59.0 Å². The molecule has 0 fully saturated rings. The van der Waals surface area contributed by atoms with Gasteiger partial charge in [-0.05, 0) is 33.9 Å². The van der Waals surface area contributed by atoms with Crippen LogP contribution in [0.4, 0.5) is 0 Å². The summed E-state index contributed by atoms with van der Waals surface area (Å²) in [5, 5.41) is 9.32.